The zero-order chi connectivity index (χ0) is 23.6. The molecule has 8 heteroatoms. The van der Waals surface area contributed by atoms with Crippen LogP contribution in [-0.4, -0.2) is 22.6 Å². The number of carbonyl (C=O) groups excluding carboxylic acids is 1. The van der Waals surface area contributed by atoms with E-state index in [4.69, 9.17) is 9.47 Å². The maximum atomic E-state index is 13.3. The van der Waals surface area contributed by atoms with E-state index in [2.05, 4.69) is 0 Å². The third-order valence-electron chi connectivity index (χ3n) is 4.70. The van der Waals surface area contributed by atoms with Crippen molar-refractivity contribution in [2.45, 2.75) is 19.4 Å². The molecule has 0 unspecified atom stereocenters. The van der Waals surface area contributed by atoms with E-state index >= 15 is 0 Å². The fourth-order valence-electron chi connectivity index (χ4n) is 2.99. The van der Waals surface area contributed by atoms with Crippen molar-refractivity contribution >= 4 is 17.7 Å². The second kappa shape index (κ2) is 11.4. The van der Waals surface area contributed by atoms with Gasteiger partial charge >= 0.3 is 11.7 Å². The van der Waals surface area contributed by atoms with Crippen LogP contribution in [0.2, 0.25) is 0 Å². The Bertz CT molecular complexity index is 1150. The van der Waals surface area contributed by atoms with Crippen LogP contribution in [0.15, 0.2) is 72.8 Å². The summed E-state index contributed by atoms with van der Waals surface area (Å²) in [4.78, 5) is 21.9. The maximum Gasteiger partial charge on any atom is 0.306 e. The van der Waals surface area contributed by atoms with Crippen LogP contribution in [0.1, 0.15) is 23.1 Å². The lowest BCUT2D eigenvalue weighted by atomic mass is 10.1. The van der Waals surface area contributed by atoms with Crippen molar-refractivity contribution < 1.29 is 28.7 Å². The average Bonchev–Trinajstić information content (AvgIpc) is 2.81. The fraction of sp³-hybridized carbons (Fsp3) is 0.160. The Kier molecular flexibility index (Phi) is 8.13. The molecular weight excluding hydrogens is 429 g/mol. The topological polar surface area (TPSA) is 98.9 Å². The van der Waals surface area contributed by atoms with Gasteiger partial charge in [0, 0.05) is 12.5 Å². The summed E-state index contributed by atoms with van der Waals surface area (Å²) in [5.41, 5.74) is 1.54. The predicted octanol–water partition coefficient (Wildman–Crippen LogP) is 5.21. The number of benzene rings is 3. The van der Waals surface area contributed by atoms with Crippen LogP contribution in [0.3, 0.4) is 0 Å². The number of aryl methyl sites for hydroxylation is 1. The molecular formula is C25H22FNO6. The van der Waals surface area contributed by atoms with Gasteiger partial charge in [-0.3, -0.25) is 14.9 Å². The molecule has 7 nitrogen and oxygen atoms in total. The molecule has 170 valence electrons. The molecule has 0 aliphatic rings. The van der Waals surface area contributed by atoms with Gasteiger partial charge in [0.15, 0.2) is 11.5 Å². The van der Waals surface area contributed by atoms with E-state index in [1.807, 2.05) is 30.3 Å². The number of hydrogen-bond donors (Lipinski definition) is 1. The van der Waals surface area contributed by atoms with Gasteiger partial charge in [0.05, 0.1) is 4.92 Å². The van der Waals surface area contributed by atoms with Gasteiger partial charge in [-0.25, -0.2) is 0 Å². The summed E-state index contributed by atoms with van der Waals surface area (Å²) >= 11 is 0. The minimum atomic E-state index is -0.912. The van der Waals surface area contributed by atoms with Crippen molar-refractivity contribution in [3.63, 3.8) is 0 Å². The first-order valence-electron chi connectivity index (χ1n) is 10.2. The molecule has 0 heterocycles. The largest absolute Gasteiger partial charge is 0.504 e. The van der Waals surface area contributed by atoms with Gasteiger partial charge in [-0.2, -0.15) is 4.39 Å². The van der Waals surface area contributed by atoms with Crippen molar-refractivity contribution in [1.82, 2.24) is 0 Å². The third-order valence-corrected chi connectivity index (χ3v) is 4.70. The Balaban J connectivity index is 1.43. The number of ether oxygens (including phenoxy) is 2. The van der Waals surface area contributed by atoms with Crippen LogP contribution in [0, 0.1) is 15.9 Å². The molecule has 0 bridgehead atoms. The van der Waals surface area contributed by atoms with Crippen LogP contribution in [0.4, 0.5) is 10.1 Å². The van der Waals surface area contributed by atoms with Crippen molar-refractivity contribution in [3.05, 3.63) is 105 Å². The Hall–Kier alpha value is -4.20. The molecule has 0 amide bonds. The molecule has 1 N–H and O–H groups in total. The lowest BCUT2D eigenvalue weighted by Crippen LogP contribution is -2.05. The first-order chi connectivity index (χ1) is 15.9. The van der Waals surface area contributed by atoms with Gasteiger partial charge in [-0.15, -0.1) is 0 Å². The molecule has 0 aliphatic carbocycles. The second-order valence-electron chi connectivity index (χ2n) is 7.13. The molecule has 0 atom stereocenters. The molecule has 3 aromatic rings. The van der Waals surface area contributed by atoms with Crippen LogP contribution >= 0.6 is 0 Å². The number of esters is 1. The zero-order valence-electron chi connectivity index (χ0n) is 17.6. The van der Waals surface area contributed by atoms with E-state index in [0.717, 1.165) is 23.3 Å². The highest BCUT2D eigenvalue weighted by Crippen LogP contribution is 2.28. The van der Waals surface area contributed by atoms with Gasteiger partial charge in [-0.05, 0) is 47.4 Å². The molecule has 33 heavy (non-hydrogen) atoms. The molecule has 0 radical (unpaired) electrons. The van der Waals surface area contributed by atoms with Crippen LogP contribution in [0.25, 0.3) is 6.08 Å². The normalized spacial score (nSPS) is 10.8. The van der Waals surface area contributed by atoms with Crippen LogP contribution in [-0.2, 0) is 22.6 Å². The summed E-state index contributed by atoms with van der Waals surface area (Å²) in [6, 6.07) is 18.1. The molecule has 3 aromatic carbocycles. The lowest BCUT2D eigenvalue weighted by Gasteiger charge is -2.10. The Morgan fingerprint density at radius 2 is 1.85 bits per heavy atom. The quantitative estimate of drug-likeness (QED) is 0.258. The zero-order valence-corrected chi connectivity index (χ0v) is 17.6. The number of aromatic hydroxyl groups is 1. The highest BCUT2D eigenvalue weighted by Gasteiger charge is 2.13. The minimum absolute atomic E-state index is 0.00637. The molecule has 0 aliphatic heterocycles. The Morgan fingerprint density at radius 1 is 1.06 bits per heavy atom. The lowest BCUT2D eigenvalue weighted by molar-refractivity contribution is -0.387. The SMILES string of the molecule is O=C(CCc1ccc(OCc2ccccc2)c(O)c1)OC/C=C\c1ccc(F)c([N+](=O)[O-])c1. The maximum absolute atomic E-state index is 13.3. The molecule has 0 spiro atoms. The number of nitro benzene ring substituents is 1. The highest BCUT2D eigenvalue weighted by atomic mass is 19.1. The number of nitro groups is 1. The van der Waals surface area contributed by atoms with Gasteiger partial charge in [0.25, 0.3) is 0 Å². The van der Waals surface area contributed by atoms with Crippen molar-refractivity contribution in [3.8, 4) is 11.5 Å². The van der Waals surface area contributed by atoms with Gasteiger partial charge in [0.1, 0.15) is 13.2 Å². The summed E-state index contributed by atoms with van der Waals surface area (Å²) in [6.07, 6.45) is 3.50. The average molecular weight is 451 g/mol. The Morgan fingerprint density at radius 3 is 2.58 bits per heavy atom. The molecule has 0 fully saturated rings. The number of halogens is 1. The van der Waals surface area contributed by atoms with E-state index in [-0.39, 0.29) is 18.8 Å². The highest BCUT2D eigenvalue weighted by molar-refractivity contribution is 5.70. The molecule has 0 saturated heterocycles. The number of rotatable bonds is 10. The monoisotopic (exact) mass is 451 g/mol. The third kappa shape index (κ3) is 7.17. The summed E-state index contributed by atoms with van der Waals surface area (Å²) in [5.74, 6) is -0.997. The number of nitrogens with zero attached hydrogens (tertiary/aromatic N) is 1. The van der Waals surface area contributed by atoms with E-state index in [1.54, 1.807) is 18.2 Å². The van der Waals surface area contributed by atoms with Crippen molar-refractivity contribution in [1.29, 1.82) is 0 Å². The predicted molar refractivity (Wildman–Crippen MR) is 120 cm³/mol. The summed E-state index contributed by atoms with van der Waals surface area (Å²) in [5, 5.41) is 20.9. The van der Waals surface area contributed by atoms with E-state index < -0.39 is 22.4 Å². The fourth-order valence-corrected chi connectivity index (χ4v) is 2.99. The smallest absolute Gasteiger partial charge is 0.306 e. The van der Waals surface area contributed by atoms with Gasteiger partial charge in [0.2, 0.25) is 5.82 Å². The van der Waals surface area contributed by atoms with Gasteiger partial charge in [-0.1, -0.05) is 48.5 Å². The number of hydrogen-bond acceptors (Lipinski definition) is 6. The summed E-state index contributed by atoms with van der Waals surface area (Å²) in [6.45, 7) is 0.306. The second-order valence-corrected chi connectivity index (χ2v) is 7.13. The number of phenols is 1. The van der Waals surface area contributed by atoms with E-state index in [1.165, 1.54) is 18.2 Å². The van der Waals surface area contributed by atoms with Crippen LogP contribution in [0.5, 0.6) is 11.5 Å². The first kappa shape index (κ1) is 23.5. The first-order valence-corrected chi connectivity index (χ1v) is 10.2. The standard InChI is InChI=1S/C25H22FNO6/c26-21-11-8-18(15-22(21)27(30)31)7-4-14-32-25(29)13-10-19-9-12-24(23(28)16-19)33-17-20-5-2-1-3-6-20/h1-9,11-12,15-16,28H,10,13-14,17H2/b7-4-. The minimum Gasteiger partial charge on any atom is -0.504 e. The van der Waals surface area contributed by atoms with Crippen molar-refractivity contribution in [2.75, 3.05) is 6.61 Å². The van der Waals surface area contributed by atoms with Crippen molar-refractivity contribution in [2.24, 2.45) is 0 Å². The molecule has 0 aromatic heterocycles. The van der Waals surface area contributed by atoms with E-state index in [0.29, 0.717) is 24.3 Å². The van der Waals surface area contributed by atoms with Gasteiger partial charge < -0.3 is 14.6 Å². The Labute approximate surface area is 189 Å². The molecule has 0 saturated carbocycles. The molecule has 3 rings (SSSR count). The summed E-state index contributed by atoms with van der Waals surface area (Å²) in [7, 11) is 0. The van der Waals surface area contributed by atoms with E-state index in [9.17, 15) is 24.4 Å². The van der Waals surface area contributed by atoms with Crippen LogP contribution < -0.4 is 4.74 Å². The summed E-state index contributed by atoms with van der Waals surface area (Å²) < 4.78 is 24.1. The number of carbonyl (C=O) groups is 1. The number of phenolic OH excluding ortho intramolecular Hbond substituents is 1.